The van der Waals surface area contributed by atoms with Crippen molar-refractivity contribution in [3.63, 3.8) is 0 Å². The van der Waals surface area contributed by atoms with Crippen molar-refractivity contribution < 1.29 is 0 Å². The monoisotopic (exact) mass is 535 g/mol. The van der Waals surface area contributed by atoms with E-state index in [4.69, 9.17) is 10.3 Å². The van der Waals surface area contributed by atoms with Crippen LogP contribution < -0.4 is 16.0 Å². The first-order valence-corrected chi connectivity index (χ1v) is 15.3. The highest BCUT2D eigenvalue weighted by atomic mass is 31.1. The van der Waals surface area contributed by atoms with Crippen LogP contribution in [-0.4, -0.2) is 15.0 Å². The second-order valence-electron chi connectivity index (χ2n) is 10.3. The van der Waals surface area contributed by atoms with E-state index in [9.17, 15) is 0 Å². The molecular formula is C36H30N3P. The third-order valence-corrected chi connectivity index (χ3v) is 10.2. The molecule has 40 heavy (non-hydrogen) atoms. The Morgan fingerprint density at radius 2 is 1.05 bits per heavy atom. The predicted octanol–water partition coefficient (Wildman–Crippen LogP) is 6.58. The van der Waals surface area contributed by atoms with E-state index < -0.39 is 7.92 Å². The summed E-state index contributed by atoms with van der Waals surface area (Å²) in [6.07, 6.45) is 3.96. The van der Waals surface area contributed by atoms with Gasteiger partial charge in [0, 0.05) is 13.5 Å². The second kappa shape index (κ2) is 11.0. The molecule has 0 fully saturated rings. The van der Waals surface area contributed by atoms with Crippen LogP contribution in [0.3, 0.4) is 0 Å². The molecule has 0 atom stereocenters. The Balaban J connectivity index is 1.46. The second-order valence-corrected chi connectivity index (χ2v) is 12.5. The summed E-state index contributed by atoms with van der Waals surface area (Å²) in [6, 6.07) is 48.4. The van der Waals surface area contributed by atoms with Gasteiger partial charge in [-0.2, -0.15) is 0 Å². The molecule has 4 aliphatic carbocycles. The molecule has 0 saturated heterocycles. The van der Waals surface area contributed by atoms with Crippen LogP contribution in [0.15, 0.2) is 133 Å². The molecule has 5 aromatic carbocycles. The molecule has 6 aromatic rings. The molecule has 1 heterocycles. The van der Waals surface area contributed by atoms with E-state index in [0.29, 0.717) is 0 Å². The summed E-state index contributed by atoms with van der Waals surface area (Å²) < 4.78 is 2.17. The minimum atomic E-state index is -0.931. The number of hydrogen-bond acceptors (Lipinski definition) is 2. The maximum absolute atomic E-state index is 4.93. The fourth-order valence-corrected chi connectivity index (χ4v) is 8.03. The molecule has 0 unspecified atom stereocenters. The molecule has 0 N–H and O–H groups in total. The number of aryl methyl sites for hydroxylation is 4. The summed E-state index contributed by atoms with van der Waals surface area (Å²) in [5.41, 5.74) is 9.74. The molecule has 4 heteroatoms. The molecule has 10 rings (SSSR count). The van der Waals surface area contributed by atoms with Crippen LogP contribution in [0.1, 0.15) is 22.3 Å². The van der Waals surface area contributed by atoms with Crippen molar-refractivity contribution in [1.82, 2.24) is 15.0 Å². The van der Waals surface area contributed by atoms with E-state index in [-0.39, 0.29) is 0 Å². The minimum Gasteiger partial charge on any atom is -0.212 e. The highest BCUT2D eigenvalue weighted by Crippen LogP contribution is 2.37. The molecule has 0 radical (unpaired) electrons. The number of benzene rings is 5. The zero-order valence-corrected chi connectivity index (χ0v) is 23.2. The molecule has 4 bridgehead atoms. The summed E-state index contributed by atoms with van der Waals surface area (Å²) >= 11 is 0. The Morgan fingerprint density at radius 3 is 1.68 bits per heavy atom. The van der Waals surface area contributed by atoms with E-state index >= 15 is 0 Å². The third-order valence-electron chi connectivity index (χ3n) is 7.72. The van der Waals surface area contributed by atoms with E-state index in [2.05, 4.69) is 138 Å². The van der Waals surface area contributed by atoms with Crippen LogP contribution in [-0.2, 0) is 25.7 Å². The lowest BCUT2D eigenvalue weighted by atomic mass is 9.95. The molecule has 0 amide bonds. The van der Waals surface area contributed by atoms with Crippen molar-refractivity contribution in [3.8, 4) is 16.9 Å². The third kappa shape index (κ3) is 4.90. The number of rotatable bonds is 5. The number of aromatic nitrogens is 3. The van der Waals surface area contributed by atoms with E-state index in [1.807, 2.05) is 0 Å². The summed E-state index contributed by atoms with van der Waals surface area (Å²) in [6.45, 7) is 0. The van der Waals surface area contributed by atoms with Crippen LogP contribution in [0.2, 0.25) is 0 Å². The predicted molar refractivity (Wildman–Crippen MR) is 167 cm³/mol. The number of nitrogens with zero attached hydrogens (tertiary/aromatic N) is 3. The molecular weight excluding hydrogens is 505 g/mol. The SMILES string of the molecule is c1ccc(-c2nnn(-c3cc4ccc3CCc3ccc(cc3)CC4)c2P(c2ccccc2)c2ccccc2)cc1. The first-order chi connectivity index (χ1) is 19.8. The highest BCUT2D eigenvalue weighted by Gasteiger charge is 2.28. The average molecular weight is 536 g/mol. The van der Waals surface area contributed by atoms with Gasteiger partial charge in [-0.1, -0.05) is 133 Å². The van der Waals surface area contributed by atoms with Gasteiger partial charge in [0.1, 0.15) is 11.1 Å². The van der Waals surface area contributed by atoms with Crippen LogP contribution in [0, 0.1) is 0 Å². The fraction of sp³-hybridized carbons (Fsp3) is 0.111. The van der Waals surface area contributed by atoms with Gasteiger partial charge in [-0.3, -0.25) is 0 Å². The minimum absolute atomic E-state index is 0.931. The summed E-state index contributed by atoms with van der Waals surface area (Å²) in [4.78, 5) is 0. The Morgan fingerprint density at radius 1 is 0.525 bits per heavy atom. The quantitative estimate of drug-likeness (QED) is 0.234. The van der Waals surface area contributed by atoms with E-state index in [1.54, 1.807) is 0 Å². The summed E-state index contributed by atoms with van der Waals surface area (Å²) in [5, 5.41) is 12.4. The first kappa shape index (κ1) is 24.7. The van der Waals surface area contributed by atoms with Gasteiger partial charge in [0.25, 0.3) is 0 Å². The van der Waals surface area contributed by atoms with Crippen molar-refractivity contribution >= 4 is 24.0 Å². The molecule has 0 aliphatic heterocycles. The van der Waals surface area contributed by atoms with Crippen LogP contribution >= 0.6 is 7.92 Å². The molecule has 0 saturated carbocycles. The van der Waals surface area contributed by atoms with Crippen molar-refractivity contribution in [3.05, 3.63) is 156 Å². The number of hydrogen-bond donors (Lipinski definition) is 0. The maximum Gasteiger partial charge on any atom is 0.121 e. The van der Waals surface area contributed by atoms with Gasteiger partial charge < -0.3 is 0 Å². The maximum atomic E-state index is 4.93. The van der Waals surface area contributed by atoms with E-state index in [0.717, 1.165) is 48.1 Å². The van der Waals surface area contributed by atoms with Gasteiger partial charge in [0.15, 0.2) is 0 Å². The topological polar surface area (TPSA) is 30.7 Å². The van der Waals surface area contributed by atoms with Gasteiger partial charge in [0.2, 0.25) is 0 Å². The first-order valence-electron chi connectivity index (χ1n) is 13.9. The Labute approximate surface area is 236 Å². The van der Waals surface area contributed by atoms with Crippen molar-refractivity contribution in [1.29, 1.82) is 0 Å². The molecule has 1 aromatic heterocycles. The average Bonchev–Trinajstić information content (AvgIpc) is 3.44. The molecule has 194 valence electrons. The van der Waals surface area contributed by atoms with Crippen molar-refractivity contribution in [2.75, 3.05) is 0 Å². The lowest BCUT2D eigenvalue weighted by Crippen LogP contribution is -2.28. The molecule has 4 aliphatic rings. The van der Waals surface area contributed by atoms with Crippen molar-refractivity contribution in [2.24, 2.45) is 0 Å². The van der Waals surface area contributed by atoms with Gasteiger partial charge in [0.05, 0.1) is 5.69 Å². The van der Waals surface area contributed by atoms with Crippen LogP contribution in [0.4, 0.5) is 0 Å². The molecule has 0 spiro atoms. The lowest BCUT2D eigenvalue weighted by molar-refractivity contribution is 0.796. The van der Waals surface area contributed by atoms with Gasteiger partial charge in [-0.05, 0) is 64.6 Å². The lowest BCUT2D eigenvalue weighted by Gasteiger charge is -2.22. The van der Waals surface area contributed by atoms with Crippen LogP contribution in [0.25, 0.3) is 16.9 Å². The zero-order chi connectivity index (χ0) is 26.7. The Hall–Kier alpha value is -4.33. The Bertz CT molecular complexity index is 1690. The standard InChI is InChI=1S/C36H30N3P/c1-4-10-31(11-5-1)35-36(40(32-12-6-2-7-13-32)33-14-8-3-9-15-33)39(38-37-35)34-26-29-21-20-27-16-18-28(19-17-27)22-24-30(34)25-23-29/h1-19,23,25-26H,20-22,24H2. The summed E-state index contributed by atoms with van der Waals surface area (Å²) in [5.74, 6) is 0. The molecule has 3 nitrogen and oxygen atoms in total. The summed E-state index contributed by atoms with van der Waals surface area (Å²) in [7, 11) is -0.931. The Kier molecular flexibility index (Phi) is 6.81. The largest absolute Gasteiger partial charge is 0.212 e. The highest BCUT2D eigenvalue weighted by molar-refractivity contribution is 7.79. The van der Waals surface area contributed by atoms with Crippen LogP contribution in [0.5, 0.6) is 0 Å². The van der Waals surface area contributed by atoms with Gasteiger partial charge in [-0.15, -0.1) is 5.10 Å². The fourth-order valence-electron chi connectivity index (χ4n) is 5.58. The smallest absolute Gasteiger partial charge is 0.121 e. The van der Waals surface area contributed by atoms with Gasteiger partial charge in [-0.25, -0.2) is 4.68 Å². The van der Waals surface area contributed by atoms with Gasteiger partial charge >= 0.3 is 0 Å². The van der Waals surface area contributed by atoms with Crippen molar-refractivity contribution in [2.45, 2.75) is 25.7 Å². The zero-order valence-electron chi connectivity index (χ0n) is 22.3. The normalized spacial score (nSPS) is 12.8. The van der Waals surface area contributed by atoms with E-state index in [1.165, 1.54) is 32.9 Å².